The number of benzene rings is 3. The lowest BCUT2D eigenvalue weighted by molar-refractivity contribution is 0.667. The number of aromatic nitrogens is 4. The normalized spacial score (nSPS) is 11.8. The second kappa shape index (κ2) is 6.85. The number of halogens is 1. The molecule has 7 heteroatoms. The highest BCUT2D eigenvalue weighted by atomic mass is 35.5. The number of fused-ring (bicyclic) bond motifs is 6. The monoisotopic (exact) mass is 448 g/mol. The molecule has 4 aromatic heterocycles. The van der Waals surface area contributed by atoms with Gasteiger partial charge in [-0.3, -0.25) is 4.98 Å². The van der Waals surface area contributed by atoms with Gasteiger partial charge in [0.15, 0.2) is 17.2 Å². The van der Waals surface area contributed by atoms with Gasteiger partial charge in [-0.2, -0.15) is 9.97 Å². The van der Waals surface area contributed by atoms with Gasteiger partial charge >= 0.3 is 0 Å². The lowest BCUT2D eigenvalue weighted by Crippen LogP contribution is -1.97. The Balaban J connectivity index is 1.44. The van der Waals surface area contributed by atoms with Gasteiger partial charge in [-0.05, 0) is 41.9 Å². The van der Waals surface area contributed by atoms with Crippen LogP contribution in [0.5, 0.6) is 0 Å². The van der Waals surface area contributed by atoms with Crippen molar-refractivity contribution in [1.82, 2.24) is 19.9 Å². The van der Waals surface area contributed by atoms with Crippen LogP contribution in [-0.4, -0.2) is 19.9 Å². The van der Waals surface area contributed by atoms with Crippen molar-refractivity contribution in [3.63, 3.8) is 0 Å². The third-order valence-corrected chi connectivity index (χ3v) is 5.96. The van der Waals surface area contributed by atoms with E-state index >= 15 is 0 Å². The molecule has 6 nitrogen and oxygen atoms in total. The van der Waals surface area contributed by atoms with E-state index in [2.05, 4.69) is 15.0 Å². The van der Waals surface area contributed by atoms with Crippen molar-refractivity contribution >= 4 is 55.5 Å². The van der Waals surface area contributed by atoms with Crippen LogP contribution in [0.15, 0.2) is 88.0 Å². The van der Waals surface area contributed by atoms with Gasteiger partial charge in [0.25, 0.3) is 0 Å². The molecule has 4 heterocycles. The van der Waals surface area contributed by atoms with E-state index in [-0.39, 0.29) is 5.28 Å². The van der Waals surface area contributed by atoms with Crippen molar-refractivity contribution in [2.24, 2.45) is 0 Å². The zero-order valence-corrected chi connectivity index (χ0v) is 17.7. The molecule has 0 saturated carbocycles. The highest BCUT2D eigenvalue weighted by Gasteiger charge is 2.17. The second-order valence-corrected chi connectivity index (χ2v) is 8.05. The van der Waals surface area contributed by atoms with E-state index in [0.29, 0.717) is 11.6 Å². The lowest BCUT2D eigenvalue weighted by Gasteiger charge is -2.06. The Morgan fingerprint density at radius 2 is 1.45 bits per heavy atom. The van der Waals surface area contributed by atoms with E-state index in [1.165, 1.54) is 0 Å². The molecule has 0 bridgehead atoms. The minimum absolute atomic E-state index is 0.119. The molecule has 0 atom stereocenters. The van der Waals surface area contributed by atoms with Crippen molar-refractivity contribution in [1.29, 1.82) is 0 Å². The molecule has 0 unspecified atom stereocenters. The smallest absolute Gasteiger partial charge is 0.226 e. The maximum Gasteiger partial charge on any atom is 0.226 e. The van der Waals surface area contributed by atoms with Crippen molar-refractivity contribution < 1.29 is 8.83 Å². The van der Waals surface area contributed by atoms with Crippen molar-refractivity contribution in [3.8, 4) is 22.8 Å². The highest BCUT2D eigenvalue weighted by Crippen LogP contribution is 2.36. The van der Waals surface area contributed by atoms with Crippen LogP contribution in [0.1, 0.15) is 0 Å². The Hall–Kier alpha value is -4.29. The van der Waals surface area contributed by atoms with Crippen LogP contribution in [0.4, 0.5) is 0 Å². The van der Waals surface area contributed by atoms with Crippen molar-refractivity contribution in [2.75, 3.05) is 0 Å². The molecular formula is C26H13ClN4O2. The molecule has 7 rings (SSSR count). The Labute approximate surface area is 191 Å². The summed E-state index contributed by atoms with van der Waals surface area (Å²) in [4.78, 5) is 17.7. The Morgan fingerprint density at radius 3 is 2.42 bits per heavy atom. The topological polar surface area (TPSA) is 77.8 Å². The van der Waals surface area contributed by atoms with Gasteiger partial charge in [0.05, 0.1) is 6.20 Å². The van der Waals surface area contributed by atoms with Gasteiger partial charge in [-0.15, -0.1) is 0 Å². The first kappa shape index (κ1) is 18.3. The Bertz CT molecular complexity index is 1850. The first-order valence-electron chi connectivity index (χ1n) is 10.3. The predicted molar refractivity (Wildman–Crippen MR) is 128 cm³/mol. The number of pyridine rings is 1. The zero-order chi connectivity index (χ0) is 21.9. The van der Waals surface area contributed by atoms with E-state index in [0.717, 1.165) is 55.0 Å². The van der Waals surface area contributed by atoms with Gasteiger partial charge in [0, 0.05) is 38.9 Å². The van der Waals surface area contributed by atoms with Gasteiger partial charge < -0.3 is 8.83 Å². The van der Waals surface area contributed by atoms with E-state index in [1.54, 1.807) is 12.4 Å². The minimum atomic E-state index is 0.119. The SMILES string of the molecule is Clc1nc(-c2ccc3c(c2)oc2cnccc23)nc(-c2cccc3oc4ccccc4c23)n1. The molecule has 3 aromatic carbocycles. The maximum atomic E-state index is 6.36. The molecule has 0 radical (unpaired) electrons. The fourth-order valence-electron chi connectivity index (χ4n) is 4.33. The second-order valence-electron chi connectivity index (χ2n) is 7.71. The number of hydrogen-bond donors (Lipinski definition) is 0. The number of hydrogen-bond acceptors (Lipinski definition) is 6. The lowest BCUT2D eigenvalue weighted by atomic mass is 10.1. The zero-order valence-electron chi connectivity index (χ0n) is 17.0. The van der Waals surface area contributed by atoms with E-state index < -0.39 is 0 Å². The van der Waals surface area contributed by atoms with Crippen LogP contribution in [0.2, 0.25) is 5.28 Å². The van der Waals surface area contributed by atoms with Crippen LogP contribution in [-0.2, 0) is 0 Å². The number of para-hydroxylation sites is 1. The quantitative estimate of drug-likeness (QED) is 0.282. The summed E-state index contributed by atoms with van der Waals surface area (Å²) in [7, 11) is 0. The molecule has 0 spiro atoms. The maximum absolute atomic E-state index is 6.36. The molecule has 0 amide bonds. The Kier molecular flexibility index (Phi) is 3.80. The average Bonchev–Trinajstić information content (AvgIpc) is 3.41. The molecule has 0 fully saturated rings. The molecule has 0 saturated heterocycles. The average molecular weight is 449 g/mol. The minimum Gasteiger partial charge on any atom is -0.456 e. The van der Waals surface area contributed by atoms with Crippen LogP contribution in [0, 0.1) is 0 Å². The number of furan rings is 2. The van der Waals surface area contributed by atoms with Gasteiger partial charge in [-0.1, -0.05) is 36.4 Å². The summed E-state index contributed by atoms with van der Waals surface area (Å²) in [5, 5.41) is 4.08. The van der Waals surface area contributed by atoms with E-state index in [1.807, 2.05) is 66.7 Å². The van der Waals surface area contributed by atoms with Crippen molar-refractivity contribution in [2.45, 2.75) is 0 Å². The van der Waals surface area contributed by atoms with E-state index in [9.17, 15) is 0 Å². The van der Waals surface area contributed by atoms with Crippen molar-refractivity contribution in [3.05, 3.63) is 84.4 Å². The summed E-state index contributed by atoms with van der Waals surface area (Å²) in [6.45, 7) is 0. The molecule has 7 aromatic rings. The molecular weight excluding hydrogens is 436 g/mol. The van der Waals surface area contributed by atoms with Gasteiger partial charge in [-0.25, -0.2) is 4.98 Å². The summed E-state index contributed by atoms with van der Waals surface area (Å²) < 4.78 is 12.0. The van der Waals surface area contributed by atoms with Crippen LogP contribution >= 0.6 is 11.6 Å². The van der Waals surface area contributed by atoms with E-state index in [4.69, 9.17) is 25.4 Å². The van der Waals surface area contributed by atoms with Crippen LogP contribution in [0.25, 0.3) is 66.7 Å². The van der Waals surface area contributed by atoms with Gasteiger partial charge in [0.1, 0.15) is 16.7 Å². The van der Waals surface area contributed by atoms with Gasteiger partial charge in [0.2, 0.25) is 5.28 Å². The molecule has 0 aliphatic rings. The predicted octanol–water partition coefficient (Wildman–Crippen LogP) is 7.05. The fourth-order valence-corrected chi connectivity index (χ4v) is 4.49. The molecule has 0 aliphatic carbocycles. The van der Waals surface area contributed by atoms with Crippen LogP contribution in [0.3, 0.4) is 0 Å². The largest absolute Gasteiger partial charge is 0.456 e. The molecule has 33 heavy (non-hydrogen) atoms. The number of rotatable bonds is 2. The third-order valence-electron chi connectivity index (χ3n) is 5.79. The third kappa shape index (κ3) is 2.81. The van der Waals surface area contributed by atoms with Crippen LogP contribution < -0.4 is 0 Å². The first-order chi connectivity index (χ1) is 16.2. The molecule has 0 N–H and O–H groups in total. The summed E-state index contributed by atoms with van der Waals surface area (Å²) >= 11 is 6.36. The standard InChI is InChI=1S/C26H13ClN4O2/c27-26-30-24(14-8-9-15-16-10-11-28-13-22(16)33-21(15)12-14)29-25(31-26)18-5-3-7-20-23(18)17-4-1-2-6-19(17)32-20/h1-13H. The first-order valence-corrected chi connectivity index (χ1v) is 10.7. The number of nitrogens with zero attached hydrogens (tertiary/aromatic N) is 4. The summed E-state index contributed by atoms with van der Waals surface area (Å²) in [6, 6.07) is 21.5. The summed E-state index contributed by atoms with van der Waals surface area (Å²) in [5.41, 5.74) is 4.66. The summed E-state index contributed by atoms with van der Waals surface area (Å²) in [6.07, 6.45) is 3.46. The highest BCUT2D eigenvalue weighted by molar-refractivity contribution is 6.28. The molecule has 0 aliphatic heterocycles. The Morgan fingerprint density at radius 1 is 0.636 bits per heavy atom. The molecule has 156 valence electrons. The fraction of sp³-hybridized carbons (Fsp3) is 0. The summed E-state index contributed by atoms with van der Waals surface area (Å²) in [5.74, 6) is 0.950.